The van der Waals surface area contributed by atoms with Crippen molar-refractivity contribution in [1.82, 2.24) is 24.5 Å². The SMILES string of the molecule is O=c1c2nnn(Cc3ccc(F)cc3)c2ncn1Cc1cccc(F)c1. The van der Waals surface area contributed by atoms with Gasteiger partial charge in [-0.25, -0.2) is 18.4 Å². The fourth-order valence-electron chi connectivity index (χ4n) is 2.70. The van der Waals surface area contributed by atoms with Crippen LogP contribution >= 0.6 is 0 Å². The third kappa shape index (κ3) is 3.08. The van der Waals surface area contributed by atoms with Crippen LogP contribution in [0.1, 0.15) is 11.1 Å². The van der Waals surface area contributed by atoms with Crippen LogP contribution in [0.25, 0.3) is 11.2 Å². The molecule has 0 radical (unpaired) electrons. The molecule has 8 heteroatoms. The predicted molar refractivity (Wildman–Crippen MR) is 90.6 cm³/mol. The summed E-state index contributed by atoms with van der Waals surface area (Å²) in [7, 11) is 0. The van der Waals surface area contributed by atoms with Crippen molar-refractivity contribution in [3.05, 3.63) is 88.0 Å². The summed E-state index contributed by atoms with van der Waals surface area (Å²) in [6.45, 7) is 0.501. The summed E-state index contributed by atoms with van der Waals surface area (Å²) >= 11 is 0. The van der Waals surface area contributed by atoms with E-state index in [2.05, 4.69) is 15.3 Å². The van der Waals surface area contributed by atoms with Crippen molar-refractivity contribution in [3.63, 3.8) is 0 Å². The first-order valence-corrected chi connectivity index (χ1v) is 7.88. The second-order valence-electron chi connectivity index (χ2n) is 5.85. The Balaban J connectivity index is 1.66. The lowest BCUT2D eigenvalue weighted by Crippen LogP contribution is -2.21. The van der Waals surface area contributed by atoms with Crippen LogP contribution in [0, 0.1) is 11.6 Å². The maximum atomic E-state index is 13.3. The molecule has 4 aromatic rings. The first kappa shape index (κ1) is 16.1. The van der Waals surface area contributed by atoms with Crippen molar-refractivity contribution in [2.75, 3.05) is 0 Å². The Bertz CT molecular complexity index is 1130. The normalized spacial score (nSPS) is 11.2. The number of rotatable bonds is 4. The molecule has 0 N–H and O–H groups in total. The molecule has 0 aliphatic carbocycles. The Morgan fingerprint density at radius 1 is 0.923 bits per heavy atom. The van der Waals surface area contributed by atoms with Crippen LogP contribution < -0.4 is 5.56 Å². The molecule has 0 spiro atoms. The number of aromatic nitrogens is 5. The van der Waals surface area contributed by atoms with E-state index >= 15 is 0 Å². The van der Waals surface area contributed by atoms with Crippen molar-refractivity contribution < 1.29 is 8.78 Å². The Hall–Kier alpha value is -3.42. The Kier molecular flexibility index (Phi) is 4.00. The molecule has 26 heavy (non-hydrogen) atoms. The zero-order valence-electron chi connectivity index (χ0n) is 13.5. The monoisotopic (exact) mass is 353 g/mol. The molecule has 0 fully saturated rings. The van der Waals surface area contributed by atoms with Crippen molar-refractivity contribution in [2.24, 2.45) is 0 Å². The average molecular weight is 353 g/mol. The molecule has 0 aliphatic rings. The minimum atomic E-state index is -0.366. The zero-order valence-corrected chi connectivity index (χ0v) is 13.5. The molecule has 4 rings (SSSR count). The van der Waals surface area contributed by atoms with Gasteiger partial charge in [0.25, 0.3) is 5.56 Å². The van der Waals surface area contributed by atoms with E-state index in [4.69, 9.17) is 0 Å². The quantitative estimate of drug-likeness (QED) is 0.565. The third-order valence-electron chi connectivity index (χ3n) is 3.98. The van der Waals surface area contributed by atoms with Gasteiger partial charge < -0.3 is 0 Å². The van der Waals surface area contributed by atoms with E-state index < -0.39 is 0 Å². The van der Waals surface area contributed by atoms with Crippen molar-refractivity contribution in [1.29, 1.82) is 0 Å². The molecular weight excluding hydrogens is 340 g/mol. The third-order valence-corrected chi connectivity index (χ3v) is 3.98. The highest BCUT2D eigenvalue weighted by Gasteiger charge is 2.12. The van der Waals surface area contributed by atoms with Crippen LogP contribution in [0.2, 0.25) is 0 Å². The molecule has 0 saturated heterocycles. The molecule has 0 unspecified atom stereocenters. The average Bonchev–Trinajstić information content (AvgIpc) is 3.03. The van der Waals surface area contributed by atoms with Gasteiger partial charge >= 0.3 is 0 Å². The molecule has 6 nitrogen and oxygen atoms in total. The molecule has 2 aromatic heterocycles. The second kappa shape index (κ2) is 6.47. The summed E-state index contributed by atoms with van der Waals surface area (Å²) in [5.41, 5.74) is 1.57. The molecule has 0 bridgehead atoms. The Morgan fingerprint density at radius 2 is 1.73 bits per heavy atom. The lowest BCUT2D eigenvalue weighted by atomic mass is 10.2. The summed E-state index contributed by atoms with van der Waals surface area (Å²) in [6, 6.07) is 12.0. The van der Waals surface area contributed by atoms with Crippen molar-refractivity contribution in [3.8, 4) is 0 Å². The van der Waals surface area contributed by atoms with E-state index in [0.29, 0.717) is 17.8 Å². The van der Waals surface area contributed by atoms with Gasteiger partial charge in [0, 0.05) is 0 Å². The molecular formula is C18H13F2N5O. The first-order chi connectivity index (χ1) is 12.6. The van der Waals surface area contributed by atoms with E-state index in [1.54, 1.807) is 24.3 Å². The maximum absolute atomic E-state index is 13.3. The highest BCUT2D eigenvalue weighted by atomic mass is 19.1. The number of halogens is 2. The van der Waals surface area contributed by atoms with Crippen LogP contribution in [-0.4, -0.2) is 24.5 Å². The van der Waals surface area contributed by atoms with Gasteiger partial charge in [0.2, 0.25) is 0 Å². The van der Waals surface area contributed by atoms with Crippen LogP contribution in [0.15, 0.2) is 59.7 Å². The van der Waals surface area contributed by atoms with Crippen LogP contribution in [0.4, 0.5) is 8.78 Å². The van der Waals surface area contributed by atoms with Crippen LogP contribution in [0.5, 0.6) is 0 Å². The van der Waals surface area contributed by atoms with E-state index in [9.17, 15) is 13.6 Å². The standard InChI is InChI=1S/C18H13F2N5O/c19-14-6-4-12(5-7-14)10-25-17-16(22-23-25)18(26)24(11-21-17)9-13-2-1-3-15(20)8-13/h1-8,11H,9-10H2. The van der Waals surface area contributed by atoms with Crippen LogP contribution in [-0.2, 0) is 13.1 Å². The van der Waals surface area contributed by atoms with Gasteiger partial charge in [-0.2, -0.15) is 0 Å². The lowest BCUT2D eigenvalue weighted by Gasteiger charge is -2.06. The molecule has 0 atom stereocenters. The fourth-order valence-corrected chi connectivity index (χ4v) is 2.70. The van der Waals surface area contributed by atoms with Gasteiger partial charge in [0.1, 0.15) is 18.0 Å². The summed E-state index contributed by atoms with van der Waals surface area (Å²) in [5.74, 6) is -0.689. The summed E-state index contributed by atoms with van der Waals surface area (Å²) < 4.78 is 29.1. The molecule has 2 aromatic carbocycles. The van der Waals surface area contributed by atoms with Crippen molar-refractivity contribution in [2.45, 2.75) is 13.1 Å². The smallest absolute Gasteiger partial charge is 0.283 e. The van der Waals surface area contributed by atoms with Crippen molar-refractivity contribution >= 4 is 11.2 Å². The van der Waals surface area contributed by atoms with Gasteiger partial charge in [-0.15, -0.1) is 5.10 Å². The topological polar surface area (TPSA) is 65.6 Å². The minimum Gasteiger partial charge on any atom is -0.293 e. The molecule has 2 heterocycles. The van der Waals surface area contributed by atoms with E-state index in [1.165, 1.54) is 39.8 Å². The number of fused-ring (bicyclic) bond motifs is 1. The molecule has 130 valence electrons. The van der Waals surface area contributed by atoms with E-state index in [-0.39, 0.29) is 29.3 Å². The van der Waals surface area contributed by atoms with E-state index in [0.717, 1.165) is 5.56 Å². The molecule has 0 amide bonds. The fraction of sp³-hybridized carbons (Fsp3) is 0.111. The predicted octanol–water partition coefficient (Wildman–Crippen LogP) is 2.36. The van der Waals surface area contributed by atoms with Gasteiger partial charge in [-0.1, -0.05) is 29.5 Å². The number of hydrogen-bond acceptors (Lipinski definition) is 4. The Morgan fingerprint density at radius 3 is 2.50 bits per heavy atom. The second-order valence-corrected chi connectivity index (χ2v) is 5.85. The lowest BCUT2D eigenvalue weighted by molar-refractivity contribution is 0.621. The number of hydrogen-bond donors (Lipinski definition) is 0. The minimum absolute atomic E-state index is 0.131. The van der Waals surface area contributed by atoms with E-state index in [1.807, 2.05) is 0 Å². The highest BCUT2D eigenvalue weighted by Crippen LogP contribution is 2.10. The maximum Gasteiger partial charge on any atom is 0.283 e. The van der Waals surface area contributed by atoms with Crippen LogP contribution in [0.3, 0.4) is 0 Å². The highest BCUT2D eigenvalue weighted by molar-refractivity contribution is 5.67. The zero-order chi connectivity index (χ0) is 18.1. The first-order valence-electron chi connectivity index (χ1n) is 7.88. The molecule has 0 aliphatic heterocycles. The van der Waals surface area contributed by atoms with Gasteiger partial charge in [-0.3, -0.25) is 9.36 Å². The van der Waals surface area contributed by atoms with Gasteiger partial charge in [-0.05, 0) is 35.4 Å². The summed E-state index contributed by atoms with van der Waals surface area (Å²) in [5, 5.41) is 7.89. The summed E-state index contributed by atoms with van der Waals surface area (Å²) in [4.78, 5) is 16.9. The Labute approximate surface area is 146 Å². The summed E-state index contributed by atoms with van der Waals surface area (Å²) in [6.07, 6.45) is 1.39. The number of benzene rings is 2. The largest absolute Gasteiger partial charge is 0.293 e. The van der Waals surface area contributed by atoms with Gasteiger partial charge in [0.15, 0.2) is 11.2 Å². The number of nitrogens with zero attached hydrogens (tertiary/aromatic N) is 5. The van der Waals surface area contributed by atoms with Gasteiger partial charge in [0.05, 0.1) is 13.1 Å². The molecule has 0 saturated carbocycles.